The summed E-state index contributed by atoms with van der Waals surface area (Å²) in [6, 6.07) is 0. The monoisotopic (exact) mass is 287 g/mol. The van der Waals surface area contributed by atoms with Crippen molar-refractivity contribution in [2.45, 2.75) is 25.4 Å². The lowest BCUT2D eigenvalue weighted by Gasteiger charge is -2.06. The van der Waals surface area contributed by atoms with Crippen molar-refractivity contribution in [2.24, 2.45) is 29.6 Å². The Balaban J connectivity index is 1.55. The lowest BCUT2D eigenvalue weighted by Crippen LogP contribution is -2.08. The van der Waals surface area contributed by atoms with Crippen LogP contribution >= 0.6 is 11.3 Å². The summed E-state index contributed by atoms with van der Waals surface area (Å²) in [6.45, 7) is 0. The van der Waals surface area contributed by atoms with Gasteiger partial charge in [-0.3, -0.25) is 4.79 Å². The Kier molecular flexibility index (Phi) is 2.25. The van der Waals surface area contributed by atoms with Gasteiger partial charge in [0.05, 0.1) is 4.88 Å². The fourth-order valence-electron chi connectivity index (χ4n) is 4.36. The van der Waals surface area contributed by atoms with Gasteiger partial charge in [-0.05, 0) is 42.9 Å². The molecular weight excluding hydrogens is 275 g/mol. The van der Waals surface area contributed by atoms with Gasteiger partial charge in [-0.15, -0.1) is 11.3 Å². The predicted molar refractivity (Wildman–Crippen MR) is 62.7 cm³/mol. The maximum absolute atomic E-state index is 12.5. The van der Waals surface area contributed by atoms with Gasteiger partial charge in [-0.25, -0.2) is 4.98 Å². The molecule has 3 aliphatic carbocycles. The minimum absolute atomic E-state index is 0.00668. The Labute approximate surface area is 112 Å². The zero-order valence-corrected chi connectivity index (χ0v) is 10.8. The average Bonchev–Trinajstić information content (AvgIpc) is 2.78. The molecule has 4 atom stereocenters. The second-order valence-electron chi connectivity index (χ2n) is 5.91. The summed E-state index contributed by atoms with van der Waals surface area (Å²) in [4.78, 5) is 15.8. The summed E-state index contributed by atoms with van der Waals surface area (Å²) in [5.74, 6) is 2.12. The number of nitrogens with zero attached hydrogens (tertiary/aromatic N) is 1. The number of aromatic nitrogens is 1. The summed E-state index contributed by atoms with van der Waals surface area (Å²) >= 11 is 0.492. The van der Waals surface area contributed by atoms with Crippen LogP contribution in [0.5, 0.6) is 0 Å². The summed E-state index contributed by atoms with van der Waals surface area (Å²) < 4.78 is 37.4. The molecule has 0 aromatic carbocycles. The van der Waals surface area contributed by atoms with Crippen LogP contribution in [0.25, 0.3) is 0 Å². The Morgan fingerprint density at radius 3 is 2.42 bits per heavy atom. The second kappa shape index (κ2) is 3.59. The maximum Gasteiger partial charge on any atom is 0.443 e. The Morgan fingerprint density at radius 2 is 1.89 bits per heavy atom. The van der Waals surface area contributed by atoms with Gasteiger partial charge in [0.2, 0.25) is 0 Å². The van der Waals surface area contributed by atoms with Crippen molar-refractivity contribution >= 4 is 17.1 Å². The van der Waals surface area contributed by atoms with Crippen molar-refractivity contribution in [1.82, 2.24) is 4.98 Å². The van der Waals surface area contributed by atoms with Crippen LogP contribution in [-0.2, 0) is 6.18 Å². The Bertz CT molecular complexity index is 536. The second-order valence-corrected chi connectivity index (χ2v) is 6.94. The molecule has 1 heterocycles. The van der Waals surface area contributed by atoms with E-state index in [-0.39, 0.29) is 16.6 Å². The third-order valence-electron chi connectivity index (χ3n) is 5.03. The van der Waals surface area contributed by atoms with E-state index in [0.717, 1.165) is 6.20 Å². The minimum Gasteiger partial charge on any atom is -0.293 e. The number of fused-ring (bicyclic) bond motifs is 5. The van der Waals surface area contributed by atoms with E-state index in [0.29, 0.717) is 35.0 Å². The van der Waals surface area contributed by atoms with E-state index < -0.39 is 11.2 Å². The first-order chi connectivity index (χ1) is 8.97. The molecule has 3 saturated carbocycles. The highest BCUT2D eigenvalue weighted by molar-refractivity contribution is 7.13. The fraction of sp³-hybridized carbons (Fsp3) is 0.692. The number of Topliss-reactive ketones (excluding diaryl/α,β-unsaturated/α-hetero) is 1. The van der Waals surface area contributed by atoms with Crippen molar-refractivity contribution in [3.63, 3.8) is 0 Å². The number of thiazole rings is 1. The van der Waals surface area contributed by atoms with Gasteiger partial charge in [0.25, 0.3) is 0 Å². The van der Waals surface area contributed by atoms with Crippen LogP contribution in [0.3, 0.4) is 0 Å². The number of halogens is 3. The number of rotatable bonds is 2. The first kappa shape index (κ1) is 11.9. The van der Waals surface area contributed by atoms with E-state index in [2.05, 4.69) is 4.98 Å². The third-order valence-corrected chi connectivity index (χ3v) is 6.09. The van der Waals surface area contributed by atoms with E-state index >= 15 is 0 Å². The normalized spacial score (nSPS) is 39.4. The molecule has 0 amide bonds. The van der Waals surface area contributed by atoms with Crippen LogP contribution in [0.2, 0.25) is 0 Å². The summed E-state index contributed by atoms with van der Waals surface area (Å²) in [7, 11) is 0. The molecule has 0 spiro atoms. The molecule has 0 radical (unpaired) electrons. The van der Waals surface area contributed by atoms with Crippen LogP contribution in [0.1, 0.15) is 33.9 Å². The van der Waals surface area contributed by atoms with Crippen LogP contribution in [0, 0.1) is 29.6 Å². The fourth-order valence-corrected chi connectivity index (χ4v) is 5.13. The molecule has 6 heteroatoms. The zero-order chi connectivity index (χ0) is 13.4. The van der Waals surface area contributed by atoms with Gasteiger partial charge in [-0.2, -0.15) is 13.2 Å². The van der Waals surface area contributed by atoms with Gasteiger partial charge >= 0.3 is 6.18 Å². The number of alkyl halides is 3. The molecule has 4 rings (SSSR count). The first-order valence-corrected chi connectivity index (χ1v) is 7.35. The van der Waals surface area contributed by atoms with E-state index in [1.807, 2.05) is 0 Å². The predicted octanol–water partition coefficient (Wildman–Crippen LogP) is 3.64. The molecule has 2 nitrogen and oxygen atoms in total. The standard InChI is InChI=1S/C13H12F3NOS/c14-13(15,16)12-17-4-7(19-12)11(18)10-8-5-1-2-6(3-5)9(8)10/h4-6,8-10H,1-3H2. The lowest BCUT2D eigenvalue weighted by atomic mass is 9.99. The van der Waals surface area contributed by atoms with Gasteiger partial charge in [0, 0.05) is 12.1 Å². The number of hydrogen-bond donors (Lipinski definition) is 0. The molecule has 0 N–H and O–H groups in total. The Morgan fingerprint density at radius 1 is 1.26 bits per heavy atom. The number of carbonyl (C=O) groups is 1. The zero-order valence-electron chi connectivity index (χ0n) is 9.98. The van der Waals surface area contributed by atoms with Crippen LogP contribution < -0.4 is 0 Å². The van der Waals surface area contributed by atoms with Gasteiger partial charge in [0.15, 0.2) is 10.8 Å². The third kappa shape index (κ3) is 1.61. The molecule has 19 heavy (non-hydrogen) atoms. The van der Waals surface area contributed by atoms with Crippen molar-refractivity contribution in [1.29, 1.82) is 0 Å². The number of carbonyl (C=O) groups excluding carboxylic acids is 1. The summed E-state index contributed by atoms with van der Waals surface area (Å²) in [5.41, 5.74) is 0. The van der Waals surface area contributed by atoms with Crippen LogP contribution in [0.15, 0.2) is 6.20 Å². The summed E-state index contributed by atoms with van der Waals surface area (Å²) in [5, 5.41) is -0.912. The molecule has 1 aromatic heterocycles. The van der Waals surface area contributed by atoms with E-state index in [4.69, 9.17) is 0 Å². The highest BCUT2D eigenvalue weighted by Crippen LogP contribution is 2.70. The quantitative estimate of drug-likeness (QED) is 0.777. The van der Waals surface area contributed by atoms with Crippen LogP contribution in [-0.4, -0.2) is 10.8 Å². The van der Waals surface area contributed by atoms with E-state index in [1.54, 1.807) is 0 Å². The molecule has 1 aromatic rings. The van der Waals surface area contributed by atoms with Gasteiger partial charge < -0.3 is 0 Å². The molecule has 0 saturated heterocycles. The molecule has 2 bridgehead atoms. The molecular formula is C13H12F3NOS. The van der Waals surface area contributed by atoms with Crippen molar-refractivity contribution < 1.29 is 18.0 Å². The summed E-state index contributed by atoms with van der Waals surface area (Å²) in [6.07, 6.45) is 0.293. The lowest BCUT2D eigenvalue weighted by molar-refractivity contribution is -0.137. The SMILES string of the molecule is O=C(c1cnc(C(F)(F)F)s1)C1C2C3CCC(C3)C12. The smallest absolute Gasteiger partial charge is 0.293 e. The van der Waals surface area contributed by atoms with Crippen molar-refractivity contribution in [3.05, 3.63) is 16.1 Å². The highest BCUT2D eigenvalue weighted by atomic mass is 32.1. The highest BCUT2D eigenvalue weighted by Gasteiger charge is 2.67. The molecule has 102 valence electrons. The molecule has 0 aliphatic heterocycles. The van der Waals surface area contributed by atoms with E-state index in [1.165, 1.54) is 19.3 Å². The van der Waals surface area contributed by atoms with Gasteiger partial charge in [0.1, 0.15) is 0 Å². The number of ketones is 1. The first-order valence-electron chi connectivity index (χ1n) is 6.54. The minimum atomic E-state index is -4.44. The molecule has 3 aliphatic rings. The van der Waals surface area contributed by atoms with Crippen LogP contribution in [0.4, 0.5) is 13.2 Å². The van der Waals surface area contributed by atoms with E-state index in [9.17, 15) is 18.0 Å². The topological polar surface area (TPSA) is 30.0 Å². The van der Waals surface area contributed by atoms with Gasteiger partial charge in [-0.1, -0.05) is 0 Å². The van der Waals surface area contributed by atoms with Crippen molar-refractivity contribution in [3.8, 4) is 0 Å². The number of hydrogen-bond acceptors (Lipinski definition) is 3. The maximum atomic E-state index is 12.5. The average molecular weight is 287 g/mol. The largest absolute Gasteiger partial charge is 0.443 e. The molecule has 4 unspecified atom stereocenters. The Hall–Kier alpha value is -0.910. The van der Waals surface area contributed by atoms with Crippen molar-refractivity contribution in [2.75, 3.05) is 0 Å². The molecule has 3 fully saturated rings.